The fourth-order valence-electron chi connectivity index (χ4n) is 1.26. The molecule has 0 aromatic heterocycles. The molecular weight excluding hydrogens is 204 g/mol. The van der Waals surface area contributed by atoms with Gasteiger partial charge in [-0.05, 0) is 26.0 Å². The first-order valence-corrected chi connectivity index (χ1v) is 5.13. The minimum atomic E-state index is -0.529. The van der Waals surface area contributed by atoms with Crippen molar-refractivity contribution in [3.05, 3.63) is 29.8 Å². The molecule has 2 amide bonds. The number of carbonyl (C=O) groups excluding carboxylic acids is 2. The largest absolute Gasteiger partial charge is 0.345 e. The van der Waals surface area contributed by atoms with Gasteiger partial charge in [-0.3, -0.25) is 9.59 Å². The Kier molecular flexibility index (Phi) is 4.05. The van der Waals surface area contributed by atoms with Crippen LogP contribution in [0.2, 0.25) is 0 Å². The highest BCUT2D eigenvalue weighted by atomic mass is 16.2. The number of hydrogen-bond acceptors (Lipinski definition) is 2. The Morgan fingerprint density at radius 2 is 1.75 bits per heavy atom. The molecule has 16 heavy (non-hydrogen) atoms. The van der Waals surface area contributed by atoms with Gasteiger partial charge in [0.2, 0.25) is 11.8 Å². The van der Waals surface area contributed by atoms with Gasteiger partial charge in [0.1, 0.15) is 6.04 Å². The second-order valence-corrected chi connectivity index (χ2v) is 3.78. The molecule has 1 rings (SSSR count). The number of benzene rings is 1. The van der Waals surface area contributed by atoms with Crippen LogP contribution in [-0.2, 0) is 9.59 Å². The van der Waals surface area contributed by atoms with E-state index in [4.69, 9.17) is 0 Å². The summed E-state index contributed by atoms with van der Waals surface area (Å²) in [6.45, 7) is 5.01. The van der Waals surface area contributed by atoms with Crippen molar-refractivity contribution in [3.8, 4) is 0 Å². The third-order valence-electron chi connectivity index (χ3n) is 2.13. The van der Waals surface area contributed by atoms with E-state index in [1.54, 1.807) is 6.92 Å². The maximum Gasteiger partial charge on any atom is 0.246 e. The normalized spacial score (nSPS) is 11.7. The average molecular weight is 220 g/mol. The molecule has 86 valence electrons. The summed E-state index contributed by atoms with van der Waals surface area (Å²) in [5.74, 6) is -0.439. The second-order valence-electron chi connectivity index (χ2n) is 3.78. The highest BCUT2D eigenvalue weighted by Crippen LogP contribution is 2.08. The minimum absolute atomic E-state index is 0.216. The third-order valence-corrected chi connectivity index (χ3v) is 2.13. The first-order chi connectivity index (χ1) is 7.49. The van der Waals surface area contributed by atoms with Crippen LogP contribution in [0.25, 0.3) is 0 Å². The van der Waals surface area contributed by atoms with Crippen molar-refractivity contribution < 1.29 is 9.59 Å². The van der Waals surface area contributed by atoms with E-state index < -0.39 is 6.04 Å². The van der Waals surface area contributed by atoms with Crippen LogP contribution in [0.3, 0.4) is 0 Å². The molecule has 0 radical (unpaired) electrons. The first-order valence-electron chi connectivity index (χ1n) is 5.13. The molecule has 0 heterocycles. The Balaban J connectivity index is 2.57. The predicted molar refractivity (Wildman–Crippen MR) is 63.1 cm³/mol. The van der Waals surface area contributed by atoms with Crippen molar-refractivity contribution >= 4 is 17.5 Å². The molecule has 0 saturated heterocycles. The fourth-order valence-corrected chi connectivity index (χ4v) is 1.26. The molecule has 1 atom stereocenters. The lowest BCUT2D eigenvalue weighted by Gasteiger charge is -2.12. The number of carbonyl (C=O) groups is 2. The van der Waals surface area contributed by atoms with Gasteiger partial charge < -0.3 is 10.6 Å². The summed E-state index contributed by atoms with van der Waals surface area (Å²) >= 11 is 0. The molecule has 0 aliphatic rings. The first kappa shape index (κ1) is 12.2. The van der Waals surface area contributed by atoms with Crippen molar-refractivity contribution in [3.63, 3.8) is 0 Å². The molecule has 0 spiro atoms. The zero-order valence-corrected chi connectivity index (χ0v) is 9.70. The summed E-state index contributed by atoms with van der Waals surface area (Å²) in [7, 11) is 0. The van der Waals surface area contributed by atoms with Crippen LogP contribution in [0.5, 0.6) is 0 Å². The van der Waals surface area contributed by atoms with E-state index >= 15 is 0 Å². The van der Waals surface area contributed by atoms with Crippen LogP contribution in [0, 0.1) is 6.92 Å². The van der Waals surface area contributed by atoms with Gasteiger partial charge in [0, 0.05) is 12.6 Å². The van der Waals surface area contributed by atoms with Crippen LogP contribution in [-0.4, -0.2) is 17.9 Å². The average Bonchev–Trinajstić information content (AvgIpc) is 2.20. The lowest BCUT2D eigenvalue weighted by molar-refractivity contribution is -0.124. The molecule has 0 fully saturated rings. The Morgan fingerprint density at radius 1 is 1.19 bits per heavy atom. The molecule has 0 unspecified atom stereocenters. The maximum atomic E-state index is 11.6. The van der Waals surface area contributed by atoms with Gasteiger partial charge in [-0.25, -0.2) is 0 Å². The number of rotatable bonds is 3. The van der Waals surface area contributed by atoms with Crippen LogP contribution in [0.4, 0.5) is 5.69 Å². The SMILES string of the molecule is CC(=O)N[C@@H](C)C(=O)Nc1ccc(C)cc1. The standard InChI is InChI=1S/C12H16N2O2/c1-8-4-6-11(7-5-8)14-12(16)9(2)13-10(3)15/h4-7,9H,1-3H3,(H,13,15)(H,14,16)/t9-/m0/s1. The quantitative estimate of drug-likeness (QED) is 0.810. The lowest BCUT2D eigenvalue weighted by Crippen LogP contribution is -2.40. The van der Waals surface area contributed by atoms with Crippen molar-refractivity contribution in [2.24, 2.45) is 0 Å². The number of amides is 2. The predicted octanol–water partition coefficient (Wildman–Crippen LogP) is 1.46. The van der Waals surface area contributed by atoms with Crippen molar-refractivity contribution in [1.82, 2.24) is 5.32 Å². The summed E-state index contributed by atoms with van der Waals surface area (Å²) in [5, 5.41) is 5.24. The van der Waals surface area contributed by atoms with Gasteiger partial charge in [0.25, 0.3) is 0 Å². The lowest BCUT2D eigenvalue weighted by atomic mass is 10.2. The monoisotopic (exact) mass is 220 g/mol. The van der Waals surface area contributed by atoms with Crippen LogP contribution >= 0.6 is 0 Å². The molecule has 4 heteroatoms. The van der Waals surface area contributed by atoms with E-state index in [1.807, 2.05) is 31.2 Å². The van der Waals surface area contributed by atoms with Gasteiger partial charge >= 0.3 is 0 Å². The van der Waals surface area contributed by atoms with E-state index in [0.717, 1.165) is 11.3 Å². The Hall–Kier alpha value is -1.84. The summed E-state index contributed by atoms with van der Waals surface area (Å²) in [4.78, 5) is 22.4. The van der Waals surface area contributed by atoms with Crippen LogP contribution in [0.1, 0.15) is 19.4 Å². The molecule has 0 aliphatic heterocycles. The van der Waals surface area contributed by atoms with Gasteiger partial charge in [-0.1, -0.05) is 17.7 Å². The van der Waals surface area contributed by atoms with Crippen molar-refractivity contribution in [2.45, 2.75) is 26.8 Å². The highest BCUT2D eigenvalue weighted by molar-refractivity contribution is 5.96. The van der Waals surface area contributed by atoms with Crippen LogP contribution in [0.15, 0.2) is 24.3 Å². The summed E-state index contributed by atoms with van der Waals surface area (Å²) in [6, 6.07) is 6.96. The van der Waals surface area contributed by atoms with Crippen molar-refractivity contribution in [2.75, 3.05) is 5.32 Å². The second kappa shape index (κ2) is 5.30. The third kappa shape index (κ3) is 3.73. The molecule has 1 aromatic carbocycles. The highest BCUT2D eigenvalue weighted by Gasteiger charge is 2.13. The number of aryl methyl sites for hydroxylation is 1. The zero-order valence-electron chi connectivity index (χ0n) is 9.70. The Labute approximate surface area is 95.0 Å². The fraction of sp³-hybridized carbons (Fsp3) is 0.333. The molecule has 4 nitrogen and oxygen atoms in total. The van der Waals surface area contributed by atoms with E-state index in [9.17, 15) is 9.59 Å². The number of nitrogens with one attached hydrogen (secondary N) is 2. The van der Waals surface area contributed by atoms with E-state index in [2.05, 4.69) is 10.6 Å². The molecule has 0 bridgehead atoms. The maximum absolute atomic E-state index is 11.6. The molecule has 1 aromatic rings. The Morgan fingerprint density at radius 3 is 2.25 bits per heavy atom. The summed E-state index contributed by atoms with van der Waals surface area (Å²) in [5.41, 5.74) is 1.86. The molecular formula is C12H16N2O2. The number of anilines is 1. The summed E-state index contributed by atoms with van der Waals surface area (Å²) < 4.78 is 0. The molecule has 0 aliphatic carbocycles. The van der Waals surface area contributed by atoms with E-state index in [0.29, 0.717) is 0 Å². The molecule has 2 N–H and O–H groups in total. The zero-order chi connectivity index (χ0) is 12.1. The number of hydrogen-bond donors (Lipinski definition) is 2. The minimum Gasteiger partial charge on any atom is -0.345 e. The van der Waals surface area contributed by atoms with Gasteiger partial charge in [0.15, 0.2) is 0 Å². The van der Waals surface area contributed by atoms with Crippen LogP contribution < -0.4 is 10.6 Å². The van der Waals surface area contributed by atoms with E-state index in [-0.39, 0.29) is 11.8 Å². The van der Waals surface area contributed by atoms with Gasteiger partial charge in [-0.15, -0.1) is 0 Å². The van der Waals surface area contributed by atoms with Gasteiger partial charge in [0.05, 0.1) is 0 Å². The smallest absolute Gasteiger partial charge is 0.246 e. The van der Waals surface area contributed by atoms with Gasteiger partial charge in [-0.2, -0.15) is 0 Å². The Bertz CT molecular complexity index is 385. The van der Waals surface area contributed by atoms with E-state index in [1.165, 1.54) is 6.92 Å². The topological polar surface area (TPSA) is 58.2 Å². The summed E-state index contributed by atoms with van der Waals surface area (Å²) in [6.07, 6.45) is 0. The van der Waals surface area contributed by atoms with Crippen molar-refractivity contribution in [1.29, 1.82) is 0 Å². The molecule has 0 saturated carbocycles.